The van der Waals surface area contributed by atoms with Crippen molar-refractivity contribution in [2.24, 2.45) is 10.2 Å². The maximum Gasteiger partial charge on any atom is 0.416 e. The molecule has 0 fully saturated rings. The number of azo groups is 1. The topological polar surface area (TPSA) is 104 Å². The van der Waals surface area contributed by atoms with E-state index in [1.807, 2.05) is 0 Å². The Bertz CT molecular complexity index is 1170. The number of alkyl halides is 3. The van der Waals surface area contributed by atoms with E-state index < -0.39 is 23.2 Å². The minimum absolute atomic E-state index is 0.0569. The zero-order valence-electron chi connectivity index (χ0n) is 14.9. The minimum Gasteiger partial charge on any atom is -0.493 e. The molecule has 3 aromatic rings. The van der Waals surface area contributed by atoms with Gasteiger partial charge < -0.3 is 9.52 Å². The van der Waals surface area contributed by atoms with Crippen LogP contribution in [0.25, 0.3) is 0 Å². The summed E-state index contributed by atoms with van der Waals surface area (Å²) >= 11 is 0. The third-order valence-corrected chi connectivity index (χ3v) is 4.10. The molecule has 2 aromatic heterocycles. The maximum absolute atomic E-state index is 12.8. The highest BCUT2D eigenvalue weighted by atomic mass is 19.4. The fourth-order valence-electron chi connectivity index (χ4n) is 2.61. The fraction of sp³-hybridized carbons (Fsp3) is 0.158. The summed E-state index contributed by atoms with van der Waals surface area (Å²) in [7, 11) is 0. The number of nitriles is 1. The van der Waals surface area contributed by atoms with Crippen LogP contribution in [-0.2, 0) is 12.7 Å². The van der Waals surface area contributed by atoms with E-state index in [0.717, 1.165) is 22.8 Å². The van der Waals surface area contributed by atoms with Gasteiger partial charge >= 0.3 is 6.18 Å². The van der Waals surface area contributed by atoms with Crippen molar-refractivity contribution in [3.05, 3.63) is 75.5 Å². The number of aromatic hydroxyl groups is 1. The summed E-state index contributed by atoms with van der Waals surface area (Å²) in [6.45, 7) is 1.22. The molecule has 29 heavy (non-hydrogen) atoms. The van der Waals surface area contributed by atoms with Gasteiger partial charge in [-0.05, 0) is 37.3 Å². The third-order valence-electron chi connectivity index (χ3n) is 4.10. The van der Waals surface area contributed by atoms with Gasteiger partial charge in [0.25, 0.3) is 5.56 Å². The first-order valence-electron chi connectivity index (χ1n) is 8.20. The van der Waals surface area contributed by atoms with Crippen LogP contribution in [-0.4, -0.2) is 9.67 Å². The molecule has 2 heterocycles. The van der Waals surface area contributed by atoms with Gasteiger partial charge in [0.05, 0.1) is 24.1 Å². The lowest BCUT2D eigenvalue weighted by Gasteiger charge is -2.12. The molecule has 0 amide bonds. The summed E-state index contributed by atoms with van der Waals surface area (Å²) in [5.41, 5.74) is -2.22. The Kier molecular flexibility index (Phi) is 5.23. The number of aromatic nitrogens is 1. The second-order valence-corrected chi connectivity index (χ2v) is 6.00. The van der Waals surface area contributed by atoms with Crippen molar-refractivity contribution < 1.29 is 22.7 Å². The lowest BCUT2D eigenvalue weighted by molar-refractivity contribution is -0.137. The molecule has 0 aliphatic heterocycles. The number of pyridine rings is 1. The fourth-order valence-corrected chi connectivity index (χ4v) is 2.61. The van der Waals surface area contributed by atoms with Crippen LogP contribution in [0.15, 0.2) is 62.1 Å². The van der Waals surface area contributed by atoms with Gasteiger partial charge in [-0.1, -0.05) is 6.07 Å². The summed E-state index contributed by atoms with van der Waals surface area (Å²) in [6, 6.07) is 9.07. The van der Waals surface area contributed by atoms with Crippen LogP contribution in [0.1, 0.15) is 22.5 Å². The van der Waals surface area contributed by atoms with Crippen molar-refractivity contribution in [3.63, 3.8) is 0 Å². The van der Waals surface area contributed by atoms with E-state index in [4.69, 9.17) is 4.42 Å². The Balaban J connectivity index is 2.09. The monoisotopic (exact) mass is 402 g/mol. The molecule has 7 nitrogen and oxygen atoms in total. The maximum atomic E-state index is 12.8. The number of nitrogens with zero attached hydrogens (tertiary/aromatic N) is 4. The summed E-state index contributed by atoms with van der Waals surface area (Å²) in [4.78, 5) is 12.8. The molecule has 0 spiro atoms. The third kappa shape index (κ3) is 4.03. The standard InChI is InChI=1S/C19H13F3N4O3/c1-11-15(9-23)17(27)26(10-14-6-3-7-29-14)18(28)16(11)25-24-13-5-2-4-12(8-13)19(20,21)22/h2-8,27H,10H2,1H3. The predicted molar refractivity (Wildman–Crippen MR) is 95.2 cm³/mol. The molecule has 1 N–H and O–H groups in total. The molecule has 1 aromatic carbocycles. The van der Waals surface area contributed by atoms with E-state index in [0.29, 0.717) is 5.76 Å². The van der Waals surface area contributed by atoms with Crippen molar-refractivity contribution in [1.82, 2.24) is 4.57 Å². The van der Waals surface area contributed by atoms with Crippen LogP contribution in [0, 0.1) is 18.3 Å². The molecular formula is C19H13F3N4O3. The summed E-state index contributed by atoms with van der Waals surface area (Å²) in [6.07, 6.45) is -3.17. The normalized spacial score (nSPS) is 11.7. The first-order valence-corrected chi connectivity index (χ1v) is 8.20. The second kappa shape index (κ2) is 7.63. The lowest BCUT2D eigenvalue weighted by atomic mass is 10.1. The van der Waals surface area contributed by atoms with Crippen molar-refractivity contribution in [3.8, 4) is 11.9 Å². The van der Waals surface area contributed by atoms with E-state index in [2.05, 4.69) is 10.2 Å². The van der Waals surface area contributed by atoms with Crippen LogP contribution in [0.2, 0.25) is 0 Å². The minimum atomic E-state index is -4.55. The smallest absolute Gasteiger partial charge is 0.416 e. The van der Waals surface area contributed by atoms with Crippen LogP contribution in [0.5, 0.6) is 5.88 Å². The first-order chi connectivity index (χ1) is 13.7. The summed E-state index contributed by atoms with van der Waals surface area (Å²) < 4.78 is 44.5. The number of benzene rings is 1. The van der Waals surface area contributed by atoms with Crippen molar-refractivity contribution >= 4 is 11.4 Å². The largest absolute Gasteiger partial charge is 0.493 e. The van der Waals surface area contributed by atoms with Crippen molar-refractivity contribution in [1.29, 1.82) is 5.26 Å². The lowest BCUT2D eigenvalue weighted by Crippen LogP contribution is -2.22. The SMILES string of the molecule is Cc1c(C#N)c(O)n(Cc2ccco2)c(=O)c1N=Nc1cccc(C(F)(F)F)c1. The molecule has 3 rings (SSSR count). The van der Waals surface area contributed by atoms with Crippen LogP contribution >= 0.6 is 0 Å². The van der Waals surface area contributed by atoms with E-state index in [-0.39, 0.29) is 29.0 Å². The molecule has 0 saturated heterocycles. The van der Waals surface area contributed by atoms with Gasteiger partial charge in [-0.25, -0.2) is 0 Å². The summed E-state index contributed by atoms with van der Waals surface area (Å²) in [5, 5.41) is 27.1. The van der Waals surface area contributed by atoms with E-state index in [9.17, 15) is 28.3 Å². The van der Waals surface area contributed by atoms with Gasteiger partial charge in [-0.3, -0.25) is 9.36 Å². The Hall–Kier alpha value is -3.87. The molecule has 0 saturated carbocycles. The number of halogens is 3. The first kappa shape index (κ1) is 19.9. The molecule has 0 aliphatic carbocycles. The second-order valence-electron chi connectivity index (χ2n) is 6.00. The number of furan rings is 1. The van der Waals surface area contributed by atoms with Crippen molar-refractivity contribution in [2.45, 2.75) is 19.6 Å². The molecular weight excluding hydrogens is 389 g/mol. The van der Waals surface area contributed by atoms with Gasteiger partial charge in [0.2, 0.25) is 5.88 Å². The van der Waals surface area contributed by atoms with E-state index >= 15 is 0 Å². The Morgan fingerprint density at radius 3 is 2.62 bits per heavy atom. The average molecular weight is 402 g/mol. The van der Waals surface area contributed by atoms with Crippen LogP contribution < -0.4 is 5.56 Å². The summed E-state index contributed by atoms with van der Waals surface area (Å²) in [5.74, 6) is -0.222. The zero-order valence-corrected chi connectivity index (χ0v) is 14.9. The molecule has 0 aliphatic rings. The molecule has 0 atom stereocenters. The Morgan fingerprint density at radius 2 is 2.00 bits per heavy atom. The molecule has 0 unspecified atom stereocenters. The van der Waals surface area contributed by atoms with E-state index in [1.165, 1.54) is 19.3 Å². The molecule has 10 heteroatoms. The Morgan fingerprint density at radius 1 is 1.24 bits per heavy atom. The highest BCUT2D eigenvalue weighted by Gasteiger charge is 2.30. The highest BCUT2D eigenvalue weighted by Crippen LogP contribution is 2.32. The molecule has 0 bridgehead atoms. The predicted octanol–water partition coefficient (Wildman–Crippen LogP) is 4.81. The highest BCUT2D eigenvalue weighted by molar-refractivity contribution is 5.57. The van der Waals surface area contributed by atoms with Gasteiger partial charge in [0.1, 0.15) is 17.4 Å². The van der Waals surface area contributed by atoms with Crippen LogP contribution in [0.3, 0.4) is 0 Å². The van der Waals surface area contributed by atoms with Gasteiger partial charge in [-0.2, -0.15) is 23.5 Å². The Labute approximate surface area is 162 Å². The quantitative estimate of drug-likeness (QED) is 0.633. The number of hydrogen-bond acceptors (Lipinski definition) is 6. The molecule has 148 valence electrons. The number of rotatable bonds is 4. The molecule has 0 radical (unpaired) electrons. The zero-order chi connectivity index (χ0) is 21.2. The number of hydrogen-bond donors (Lipinski definition) is 1. The van der Waals surface area contributed by atoms with E-state index in [1.54, 1.807) is 18.2 Å². The average Bonchev–Trinajstić information content (AvgIpc) is 3.18. The van der Waals surface area contributed by atoms with Gasteiger partial charge in [0, 0.05) is 5.56 Å². The van der Waals surface area contributed by atoms with Gasteiger partial charge in [0.15, 0.2) is 5.69 Å². The van der Waals surface area contributed by atoms with Gasteiger partial charge in [-0.15, -0.1) is 5.11 Å². The van der Waals surface area contributed by atoms with Crippen molar-refractivity contribution in [2.75, 3.05) is 0 Å². The van der Waals surface area contributed by atoms with Crippen LogP contribution in [0.4, 0.5) is 24.5 Å².